The molecule has 1 saturated heterocycles. The lowest BCUT2D eigenvalue weighted by Crippen LogP contribution is -2.41. The van der Waals surface area contributed by atoms with Gasteiger partial charge in [-0.05, 0) is 31.8 Å². The molecule has 1 rings (SSSR count). The van der Waals surface area contributed by atoms with E-state index in [0.717, 1.165) is 13.1 Å². The van der Waals surface area contributed by atoms with E-state index < -0.39 is 0 Å². The zero-order valence-corrected chi connectivity index (χ0v) is 11.9. The van der Waals surface area contributed by atoms with Gasteiger partial charge in [0.15, 0.2) is 0 Å². The van der Waals surface area contributed by atoms with Crippen molar-refractivity contribution >= 4 is 5.91 Å². The summed E-state index contributed by atoms with van der Waals surface area (Å²) < 4.78 is 0. The lowest BCUT2D eigenvalue weighted by molar-refractivity contribution is -0.128. The SMILES string of the molecule is CC(CNC(=O)C(C)(C)C)CN1CCCCC1. The second kappa shape index (κ2) is 6.39. The van der Waals surface area contributed by atoms with E-state index in [2.05, 4.69) is 17.1 Å². The first-order valence-electron chi connectivity index (χ1n) is 6.90. The quantitative estimate of drug-likeness (QED) is 0.817. The van der Waals surface area contributed by atoms with Gasteiger partial charge in [-0.15, -0.1) is 0 Å². The van der Waals surface area contributed by atoms with Gasteiger partial charge < -0.3 is 10.2 Å². The second-order valence-electron chi connectivity index (χ2n) is 6.43. The Hall–Kier alpha value is -0.570. The Balaban J connectivity index is 2.20. The minimum absolute atomic E-state index is 0.156. The Bertz CT molecular complexity index is 239. The topological polar surface area (TPSA) is 32.3 Å². The molecule has 0 saturated carbocycles. The molecule has 1 aliphatic rings. The van der Waals surface area contributed by atoms with Crippen LogP contribution in [-0.2, 0) is 4.79 Å². The molecule has 0 spiro atoms. The van der Waals surface area contributed by atoms with Crippen molar-refractivity contribution in [2.24, 2.45) is 11.3 Å². The number of carbonyl (C=O) groups is 1. The van der Waals surface area contributed by atoms with E-state index in [4.69, 9.17) is 0 Å². The summed E-state index contributed by atoms with van der Waals surface area (Å²) in [5, 5.41) is 3.05. The predicted molar refractivity (Wildman–Crippen MR) is 71.9 cm³/mol. The normalized spacial score (nSPS) is 20.0. The third-order valence-corrected chi connectivity index (χ3v) is 3.31. The van der Waals surface area contributed by atoms with E-state index >= 15 is 0 Å². The van der Waals surface area contributed by atoms with Crippen LogP contribution in [0.3, 0.4) is 0 Å². The highest BCUT2D eigenvalue weighted by molar-refractivity contribution is 5.81. The van der Waals surface area contributed by atoms with E-state index in [0.29, 0.717) is 5.92 Å². The van der Waals surface area contributed by atoms with Crippen LogP contribution in [-0.4, -0.2) is 37.0 Å². The molecule has 0 aliphatic carbocycles. The van der Waals surface area contributed by atoms with Crippen LogP contribution >= 0.6 is 0 Å². The maximum absolute atomic E-state index is 11.7. The molecular weight excluding hydrogens is 212 g/mol. The second-order valence-corrected chi connectivity index (χ2v) is 6.43. The van der Waals surface area contributed by atoms with Crippen molar-refractivity contribution in [3.63, 3.8) is 0 Å². The molecule has 0 radical (unpaired) electrons. The van der Waals surface area contributed by atoms with Gasteiger partial charge in [-0.2, -0.15) is 0 Å². The molecule has 1 fully saturated rings. The van der Waals surface area contributed by atoms with E-state index in [1.165, 1.54) is 32.4 Å². The third-order valence-electron chi connectivity index (χ3n) is 3.31. The van der Waals surface area contributed by atoms with Crippen LogP contribution in [0.1, 0.15) is 47.0 Å². The first-order chi connectivity index (χ1) is 7.89. The standard InChI is InChI=1S/C14H28N2O/c1-12(10-15-13(17)14(2,3)4)11-16-8-6-5-7-9-16/h12H,5-11H2,1-4H3,(H,15,17). The summed E-state index contributed by atoms with van der Waals surface area (Å²) in [4.78, 5) is 14.3. The number of rotatable bonds is 4. The van der Waals surface area contributed by atoms with Gasteiger partial charge in [0.2, 0.25) is 5.91 Å². The molecule has 17 heavy (non-hydrogen) atoms. The molecule has 3 heteroatoms. The largest absolute Gasteiger partial charge is 0.355 e. The Morgan fingerprint density at radius 1 is 1.24 bits per heavy atom. The Labute approximate surface area is 106 Å². The van der Waals surface area contributed by atoms with Crippen LogP contribution in [0.25, 0.3) is 0 Å². The monoisotopic (exact) mass is 240 g/mol. The Morgan fingerprint density at radius 2 is 1.82 bits per heavy atom. The number of hydrogen-bond donors (Lipinski definition) is 1. The maximum atomic E-state index is 11.7. The highest BCUT2D eigenvalue weighted by atomic mass is 16.2. The lowest BCUT2D eigenvalue weighted by Gasteiger charge is -2.29. The molecule has 0 aromatic carbocycles. The molecule has 0 bridgehead atoms. The summed E-state index contributed by atoms with van der Waals surface area (Å²) in [5.74, 6) is 0.697. The third kappa shape index (κ3) is 5.53. The molecule has 0 aromatic rings. The Kier molecular flexibility index (Phi) is 5.44. The number of nitrogens with zero attached hydrogens (tertiary/aromatic N) is 1. The zero-order valence-electron chi connectivity index (χ0n) is 11.9. The van der Waals surface area contributed by atoms with Crippen molar-refractivity contribution in [3.05, 3.63) is 0 Å². The summed E-state index contributed by atoms with van der Waals surface area (Å²) in [6.07, 6.45) is 4.05. The van der Waals surface area contributed by atoms with Gasteiger partial charge in [0, 0.05) is 18.5 Å². The van der Waals surface area contributed by atoms with Crippen molar-refractivity contribution in [3.8, 4) is 0 Å². The van der Waals surface area contributed by atoms with Crippen LogP contribution < -0.4 is 5.32 Å². The summed E-state index contributed by atoms with van der Waals surface area (Å²) in [6.45, 7) is 12.5. The minimum Gasteiger partial charge on any atom is -0.355 e. The van der Waals surface area contributed by atoms with Crippen molar-refractivity contribution in [1.29, 1.82) is 0 Å². The summed E-state index contributed by atoms with van der Waals surface area (Å²) in [7, 11) is 0. The number of nitrogens with one attached hydrogen (secondary N) is 1. The van der Waals surface area contributed by atoms with E-state index in [9.17, 15) is 4.79 Å². The lowest BCUT2D eigenvalue weighted by atomic mass is 9.95. The van der Waals surface area contributed by atoms with Gasteiger partial charge in [-0.3, -0.25) is 4.79 Å². The van der Waals surface area contributed by atoms with E-state index in [1.807, 2.05) is 20.8 Å². The summed E-state index contributed by atoms with van der Waals surface area (Å²) >= 11 is 0. The molecule has 1 amide bonds. The zero-order chi connectivity index (χ0) is 12.9. The molecule has 1 heterocycles. The number of carbonyl (C=O) groups excluding carboxylic acids is 1. The van der Waals surface area contributed by atoms with Gasteiger partial charge in [-0.1, -0.05) is 34.1 Å². The molecular formula is C14H28N2O. The first-order valence-corrected chi connectivity index (χ1v) is 6.90. The average Bonchev–Trinajstić information content (AvgIpc) is 2.26. The molecule has 1 aliphatic heterocycles. The van der Waals surface area contributed by atoms with Crippen LogP contribution in [0.15, 0.2) is 0 Å². The highest BCUT2D eigenvalue weighted by Gasteiger charge is 2.21. The van der Waals surface area contributed by atoms with E-state index in [1.54, 1.807) is 0 Å². The maximum Gasteiger partial charge on any atom is 0.225 e. The molecule has 1 N–H and O–H groups in total. The summed E-state index contributed by atoms with van der Waals surface area (Å²) in [6, 6.07) is 0. The smallest absolute Gasteiger partial charge is 0.225 e. The molecule has 1 atom stereocenters. The molecule has 100 valence electrons. The number of hydrogen-bond acceptors (Lipinski definition) is 2. The van der Waals surface area contributed by atoms with Gasteiger partial charge in [0.1, 0.15) is 0 Å². The van der Waals surface area contributed by atoms with Crippen molar-refractivity contribution in [2.75, 3.05) is 26.2 Å². The fraction of sp³-hybridized carbons (Fsp3) is 0.929. The number of amides is 1. The predicted octanol–water partition coefficient (Wildman–Crippen LogP) is 2.27. The highest BCUT2D eigenvalue weighted by Crippen LogP contribution is 2.13. The summed E-state index contributed by atoms with van der Waals surface area (Å²) in [5.41, 5.74) is -0.273. The molecule has 1 unspecified atom stereocenters. The van der Waals surface area contributed by atoms with Gasteiger partial charge >= 0.3 is 0 Å². The van der Waals surface area contributed by atoms with Crippen molar-refractivity contribution < 1.29 is 4.79 Å². The number of likely N-dealkylation sites (tertiary alicyclic amines) is 1. The van der Waals surface area contributed by atoms with Gasteiger partial charge in [0.05, 0.1) is 0 Å². The molecule has 0 aromatic heterocycles. The molecule has 3 nitrogen and oxygen atoms in total. The first kappa shape index (κ1) is 14.5. The Morgan fingerprint density at radius 3 is 2.35 bits per heavy atom. The van der Waals surface area contributed by atoms with Gasteiger partial charge in [0.25, 0.3) is 0 Å². The fourth-order valence-corrected chi connectivity index (χ4v) is 2.18. The van der Waals surface area contributed by atoms with Crippen LogP contribution in [0.5, 0.6) is 0 Å². The minimum atomic E-state index is -0.273. The van der Waals surface area contributed by atoms with Crippen molar-refractivity contribution in [1.82, 2.24) is 10.2 Å². The van der Waals surface area contributed by atoms with Gasteiger partial charge in [-0.25, -0.2) is 0 Å². The van der Waals surface area contributed by atoms with Crippen LogP contribution in [0.2, 0.25) is 0 Å². The van der Waals surface area contributed by atoms with Crippen LogP contribution in [0, 0.1) is 11.3 Å². The average molecular weight is 240 g/mol. The number of piperidine rings is 1. The van der Waals surface area contributed by atoms with Crippen molar-refractivity contribution in [2.45, 2.75) is 47.0 Å². The van der Waals surface area contributed by atoms with Crippen LogP contribution in [0.4, 0.5) is 0 Å². The van der Waals surface area contributed by atoms with E-state index in [-0.39, 0.29) is 11.3 Å². The fourth-order valence-electron chi connectivity index (χ4n) is 2.18.